The quantitative estimate of drug-likeness (QED) is 0.753. The third-order valence-electron chi connectivity index (χ3n) is 3.12. The second-order valence-electron chi connectivity index (χ2n) is 4.60. The van der Waals surface area contributed by atoms with E-state index in [9.17, 15) is 13.2 Å². The largest absolute Gasteiger partial charge is 0.462 e. The van der Waals surface area contributed by atoms with Crippen LogP contribution < -0.4 is 5.73 Å². The number of aromatic amines is 1. The highest BCUT2D eigenvalue weighted by atomic mass is 35.5. The van der Waals surface area contributed by atoms with Gasteiger partial charge in [-0.2, -0.15) is 9.40 Å². The van der Waals surface area contributed by atoms with Crippen LogP contribution in [0.3, 0.4) is 0 Å². The molecule has 1 aromatic heterocycles. The highest BCUT2D eigenvalue weighted by Gasteiger charge is 2.34. The van der Waals surface area contributed by atoms with Crippen molar-refractivity contribution < 1.29 is 17.9 Å². The number of aromatic nitrogens is 2. The molecule has 0 radical (unpaired) electrons. The number of esters is 1. The fourth-order valence-corrected chi connectivity index (χ4v) is 3.74. The van der Waals surface area contributed by atoms with Gasteiger partial charge in [0, 0.05) is 19.1 Å². The zero-order valence-electron chi connectivity index (χ0n) is 11.6. The number of rotatable bonds is 4. The minimum atomic E-state index is -3.81. The van der Waals surface area contributed by atoms with Crippen molar-refractivity contribution in [1.82, 2.24) is 14.5 Å². The van der Waals surface area contributed by atoms with Gasteiger partial charge >= 0.3 is 5.97 Å². The summed E-state index contributed by atoms with van der Waals surface area (Å²) in [6.07, 6.45) is 2.65. The van der Waals surface area contributed by atoms with Crippen molar-refractivity contribution in [3.63, 3.8) is 0 Å². The van der Waals surface area contributed by atoms with E-state index in [1.165, 1.54) is 4.31 Å². The molecule has 0 amide bonds. The SMILES string of the molecule is CCOC(=O)c1cn[nH]c1S(=O)(=O)N1CCCC(N)C1.Cl. The average molecular weight is 339 g/mol. The number of nitrogens with zero attached hydrogens (tertiary/aromatic N) is 2. The van der Waals surface area contributed by atoms with Crippen LogP contribution in [-0.2, 0) is 14.8 Å². The number of H-pyrrole nitrogens is 1. The van der Waals surface area contributed by atoms with Gasteiger partial charge in [0.1, 0.15) is 5.56 Å². The molecule has 0 aliphatic carbocycles. The summed E-state index contributed by atoms with van der Waals surface area (Å²) in [5.41, 5.74) is 5.72. The van der Waals surface area contributed by atoms with Crippen molar-refractivity contribution in [3.05, 3.63) is 11.8 Å². The second kappa shape index (κ2) is 7.21. The van der Waals surface area contributed by atoms with Gasteiger partial charge in [-0.15, -0.1) is 12.4 Å². The minimum absolute atomic E-state index is 0. The number of sulfonamides is 1. The van der Waals surface area contributed by atoms with Crippen LogP contribution in [0.25, 0.3) is 0 Å². The number of piperidine rings is 1. The van der Waals surface area contributed by atoms with Crippen molar-refractivity contribution in [2.45, 2.75) is 30.8 Å². The van der Waals surface area contributed by atoms with Crippen LogP contribution in [0, 0.1) is 0 Å². The number of halogens is 1. The van der Waals surface area contributed by atoms with Crippen molar-refractivity contribution in [2.75, 3.05) is 19.7 Å². The standard InChI is InChI=1S/C11H18N4O4S.ClH/c1-2-19-11(16)9-6-13-14-10(9)20(17,18)15-5-3-4-8(12)7-15;/h6,8H,2-5,7,12H2,1H3,(H,13,14);1H. The lowest BCUT2D eigenvalue weighted by atomic mass is 10.1. The molecule has 2 rings (SSSR count). The molecule has 0 bridgehead atoms. The molecule has 1 fully saturated rings. The van der Waals surface area contributed by atoms with E-state index < -0.39 is 16.0 Å². The van der Waals surface area contributed by atoms with E-state index in [0.717, 1.165) is 12.6 Å². The van der Waals surface area contributed by atoms with Gasteiger partial charge in [-0.25, -0.2) is 13.2 Å². The van der Waals surface area contributed by atoms with Gasteiger partial charge in [0.2, 0.25) is 0 Å². The Morgan fingerprint density at radius 1 is 1.62 bits per heavy atom. The van der Waals surface area contributed by atoms with Gasteiger partial charge in [0.25, 0.3) is 10.0 Å². The summed E-state index contributed by atoms with van der Waals surface area (Å²) >= 11 is 0. The summed E-state index contributed by atoms with van der Waals surface area (Å²) in [5.74, 6) is -0.707. The van der Waals surface area contributed by atoms with E-state index in [0.29, 0.717) is 13.0 Å². The Morgan fingerprint density at radius 2 is 2.33 bits per heavy atom. The summed E-state index contributed by atoms with van der Waals surface area (Å²) in [6.45, 7) is 2.44. The van der Waals surface area contributed by atoms with Crippen LogP contribution in [0.15, 0.2) is 11.2 Å². The van der Waals surface area contributed by atoms with Crippen LogP contribution in [0.4, 0.5) is 0 Å². The molecule has 120 valence electrons. The molecule has 21 heavy (non-hydrogen) atoms. The molecule has 1 unspecified atom stereocenters. The predicted octanol–water partition coefficient (Wildman–Crippen LogP) is 0.120. The van der Waals surface area contributed by atoms with E-state index in [1.54, 1.807) is 6.92 Å². The van der Waals surface area contributed by atoms with E-state index in [4.69, 9.17) is 10.5 Å². The van der Waals surface area contributed by atoms with Gasteiger partial charge in [-0.3, -0.25) is 5.10 Å². The molecule has 0 saturated carbocycles. The average Bonchev–Trinajstić information content (AvgIpc) is 2.89. The normalized spacial score (nSPS) is 19.8. The third-order valence-corrected chi connectivity index (χ3v) is 4.96. The highest BCUT2D eigenvalue weighted by molar-refractivity contribution is 7.89. The van der Waals surface area contributed by atoms with Crippen molar-refractivity contribution in [3.8, 4) is 0 Å². The Hall–Kier alpha value is -1.16. The molecular formula is C11H19ClN4O4S. The number of carbonyl (C=O) groups excluding carboxylic acids is 1. The van der Waals surface area contributed by atoms with E-state index >= 15 is 0 Å². The molecular weight excluding hydrogens is 320 g/mol. The topological polar surface area (TPSA) is 118 Å². The molecule has 0 spiro atoms. The van der Waals surface area contributed by atoms with Crippen LogP contribution >= 0.6 is 12.4 Å². The van der Waals surface area contributed by atoms with Crippen molar-refractivity contribution >= 4 is 28.4 Å². The molecule has 1 atom stereocenters. The van der Waals surface area contributed by atoms with Crippen LogP contribution in [0.2, 0.25) is 0 Å². The Morgan fingerprint density at radius 3 is 2.95 bits per heavy atom. The van der Waals surface area contributed by atoms with Crippen LogP contribution in [0.5, 0.6) is 0 Å². The van der Waals surface area contributed by atoms with Crippen molar-refractivity contribution in [1.29, 1.82) is 0 Å². The Labute approximate surface area is 129 Å². The fourth-order valence-electron chi connectivity index (χ4n) is 2.15. The summed E-state index contributed by atoms with van der Waals surface area (Å²) in [4.78, 5) is 11.7. The predicted molar refractivity (Wildman–Crippen MR) is 77.8 cm³/mol. The molecule has 1 saturated heterocycles. The molecule has 2 heterocycles. The Balaban J connectivity index is 0.00000220. The lowest BCUT2D eigenvalue weighted by Gasteiger charge is -2.29. The first kappa shape index (κ1) is 17.9. The zero-order chi connectivity index (χ0) is 14.8. The van der Waals surface area contributed by atoms with Gasteiger partial charge in [0.15, 0.2) is 5.03 Å². The highest BCUT2D eigenvalue weighted by Crippen LogP contribution is 2.21. The summed E-state index contributed by atoms with van der Waals surface area (Å²) in [5, 5.41) is 5.79. The maximum atomic E-state index is 12.5. The van der Waals surface area contributed by atoms with Gasteiger partial charge in [0.05, 0.1) is 12.8 Å². The van der Waals surface area contributed by atoms with E-state index in [1.807, 2.05) is 0 Å². The molecule has 10 heteroatoms. The molecule has 0 aromatic carbocycles. The first-order chi connectivity index (χ1) is 9.46. The smallest absolute Gasteiger partial charge is 0.342 e. The molecule has 3 N–H and O–H groups in total. The first-order valence-corrected chi connectivity index (χ1v) is 7.87. The van der Waals surface area contributed by atoms with E-state index in [-0.39, 0.29) is 42.2 Å². The third kappa shape index (κ3) is 3.73. The van der Waals surface area contributed by atoms with Crippen molar-refractivity contribution in [2.24, 2.45) is 5.73 Å². The number of nitrogens with two attached hydrogens (primary N) is 1. The minimum Gasteiger partial charge on any atom is -0.462 e. The number of hydrogen-bond acceptors (Lipinski definition) is 6. The lowest BCUT2D eigenvalue weighted by Crippen LogP contribution is -2.46. The molecule has 8 nitrogen and oxygen atoms in total. The van der Waals surface area contributed by atoms with Gasteiger partial charge in [-0.1, -0.05) is 0 Å². The fraction of sp³-hybridized carbons (Fsp3) is 0.636. The molecule has 1 aromatic rings. The zero-order valence-corrected chi connectivity index (χ0v) is 13.2. The second-order valence-corrected chi connectivity index (χ2v) is 6.47. The molecule has 1 aliphatic heterocycles. The van der Waals surface area contributed by atoms with Gasteiger partial charge in [-0.05, 0) is 19.8 Å². The number of carbonyl (C=O) groups is 1. The Kier molecular flexibility index (Phi) is 6.14. The summed E-state index contributed by atoms with van der Waals surface area (Å²) < 4.78 is 31.1. The summed E-state index contributed by atoms with van der Waals surface area (Å²) in [7, 11) is -3.81. The number of hydrogen-bond donors (Lipinski definition) is 2. The van der Waals surface area contributed by atoms with Crippen LogP contribution in [0.1, 0.15) is 30.1 Å². The summed E-state index contributed by atoms with van der Waals surface area (Å²) in [6, 6.07) is -0.188. The number of ether oxygens (including phenoxy) is 1. The lowest BCUT2D eigenvalue weighted by molar-refractivity contribution is 0.0521. The molecule has 1 aliphatic rings. The van der Waals surface area contributed by atoms with Crippen LogP contribution in [-0.4, -0.2) is 54.6 Å². The maximum Gasteiger partial charge on any atom is 0.342 e. The van der Waals surface area contributed by atoms with Gasteiger partial charge < -0.3 is 10.5 Å². The Bertz CT molecular complexity index is 589. The monoisotopic (exact) mass is 338 g/mol. The maximum absolute atomic E-state index is 12.5. The first-order valence-electron chi connectivity index (χ1n) is 6.43. The number of nitrogens with one attached hydrogen (secondary N) is 1. The van der Waals surface area contributed by atoms with E-state index in [2.05, 4.69) is 10.2 Å².